The molecule has 1 fully saturated rings. The first kappa shape index (κ1) is 27.9. The van der Waals surface area contributed by atoms with E-state index in [9.17, 15) is 18.4 Å². The molecule has 0 saturated heterocycles. The average Bonchev–Trinajstić information content (AvgIpc) is 2.95. The first-order valence-corrected chi connectivity index (χ1v) is 13.6. The van der Waals surface area contributed by atoms with Crippen molar-refractivity contribution in [1.29, 1.82) is 0 Å². The number of hydrogen-bond acceptors (Lipinski definition) is 6. The molecule has 5 rings (SSSR count). The Hall–Kier alpha value is -4.60. The van der Waals surface area contributed by atoms with Crippen LogP contribution in [0.4, 0.5) is 26.2 Å². The third-order valence-corrected chi connectivity index (χ3v) is 7.22. The van der Waals surface area contributed by atoms with Crippen molar-refractivity contribution in [1.82, 2.24) is 15.3 Å². The zero-order valence-electron chi connectivity index (χ0n) is 23.0. The largest absolute Gasteiger partial charge is 0.362 e. The van der Waals surface area contributed by atoms with E-state index in [2.05, 4.69) is 16.0 Å². The molecule has 1 aliphatic carbocycles. The number of carbonyl (C=O) groups excluding carboxylic acids is 2. The zero-order chi connectivity index (χ0) is 28.9. The molecule has 1 aromatic heterocycles. The van der Waals surface area contributed by atoms with Crippen LogP contribution in [0.25, 0.3) is 10.9 Å². The van der Waals surface area contributed by atoms with Gasteiger partial charge in [-0.1, -0.05) is 30.3 Å². The van der Waals surface area contributed by atoms with E-state index in [1.807, 2.05) is 43.3 Å². The Kier molecular flexibility index (Phi) is 8.37. The molecule has 1 aliphatic rings. The average molecular weight is 559 g/mol. The van der Waals surface area contributed by atoms with Crippen molar-refractivity contribution in [2.75, 3.05) is 29.6 Å². The molecule has 0 atom stereocenters. The van der Waals surface area contributed by atoms with Gasteiger partial charge in [0.2, 0.25) is 11.9 Å². The SMILES string of the molecule is CN(C)c1nc(NC2CCC(NC(=O)Cc3ccccc3C(=O)Nc3ccc(F)cc3F)CC2)nc2ccccc12. The van der Waals surface area contributed by atoms with Gasteiger partial charge < -0.3 is 20.9 Å². The van der Waals surface area contributed by atoms with Crippen LogP contribution in [0.5, 0.6) is 0 Å². The lowest BCUT2D eigenvalue weighted by Crippen LogP contribution is -2.41. The standard InChI is InChI=1S/C31H32F2N6O2/c1-39(2)29-24-9-5-6-10-26(24)37-31(38-29)35-22-14-12-21(13-15-22)34-28(40)17-19-7-3-4-8-23(19)30(41)36-27-16-11-20(32)18-25(27)33/h3-11,16,18,21-22H,12-15,17H2,1-2H3,(H,34,40)(H,36,41)(H,35,37,38). The second kappa shape index (κ2) is 12.3. The van der Waals surface area contributed by atoms with E-state index in [1.54, 1.807) is 24.3 Å². The van der Waals surface area contributed by atoms with Gasteiger partial charge >= 0.3 is 0 Å². The van der Waals surface area contributed by atoms with Gasteiger partial charge in [0.25, 0.3) is 5.91 Å². The molecule has 0 aliphatic heterocycles. The summed E-state index contributed by atoms with van der Waals surface area (Å²) in [6.07, 6.45) is 3.29. The summed E-state index contributed by atoms with van der Waals surface area (Å²) >= 11 is 0. The van der Waals surface area contributed by atoms with Crippen LogP contribution in [0.1, 0.15) is 41.6 Å². The summed E-state index contributed by atoms with van der Waals surface area (Å²) in [6.45, 7) is 0. The fraction of sp³-hybridized carbons (Fsp3) is 0.290. The second-order valence-corrected chi connectivity index (χ2v) is 10.5. The van der Waals surface area contributed by atoms with Gasteiger partial charge in [-0.3, -0.25) is 9.59 Å². The lowest BCUT2D eigenvalue weighted by Gasteiger charge is -2.30. The Morgan fingerprint density at radius 2 is 1.61 bits per heavy atom. The van der Waals surface area contributed by atoms with Crippen LogP contribution in [0.3, 0.4) is 0 Å². The maximum Gasteiger partial charge on any atom is 0.256 e. The monoisotopic (exact) mass is 558 g/mol. The first-order chi connectivity index (χ1) is 19.8. The molecule has 0 spiro atoms. The third kappa shape index (κ3) is 6.77. The molecule has 1 saturated carbocycles. The molecule has 10 heteroatoms. The number of hydrogen-bond donors (Lipinski definition) is 3. The van der Waals surface area contributed by atoms with Gasteiger partial charge in [-0.2, -0.15) is 4.98 Å². The predicted molar refractivity (Wildman–Crippen MR) is 156 cm³/mol. The number of para-hydroxylation sites is 1. The van der Waals surface area contributed by atoms with Crippen LogP contribution in [-0.2, 0) is 11.2 Å². The van der Waals surface area contributed by atoms with Crippen molar-refractivity contribution in [2.24, 2.45) is 0 Å². The zero-order valence-corrected chi connectivity index (χ0v) is 23.0. The molecule has 8 nitrogen and oxygen atoms in total. The van der Waals surface area contributed by atoms with E-state index in [1.165, 1.54) is 0 Å². The van der Waals surface area contributed by atoms with Gasteiger partial charge in [0.05, 0.1) is 17.6 Å². The van der Waals surface area contributed by atoms with E-state index in [-0.39, 0.29) is 35.7 Å². The molecular formula is C31H32F2N6O2. The normalized spacial score (nSPS) is 16.7. The molecule has 0 bridgehead atoms. The van der Waals surface area contributed by atoms with E-state index < -0.39 is 17.5 Å². The van der Waals surface area contributed by atoms with Gasteiger partial charge in [-0.25, -0.2) is 13.8 Å². The maximum atomic E-state index is 14.0. The highest BCUT2D eigenvalue weighted by Gasteiger charge is 2.24. The van der Waals surface area contributed by atoms with E-state index >= 15 is 0 Å². The number of amides is 2. The molecule has 212 valence electrons. The number of carbonyl (C=O) groups is 2. The van der Waals surface area contributed by atoms with Crippen molar-refractivity contribution in [3.05, 3.63) is 89.5 Å². The molecule has 1 heterocycles. The molecule has 2 amide bonds. The Morgan fingerprint density at radius 3 is 2.37 bits per heavy atom. The Balaban J connectivity index is 1.16. The molecule has 3 aromatic carbocycles. The van der Waals surface area contributed by atoms with Gasteiger partial charge in [0, 0.05) is 43.2 Å². The number of nitrogens with zero attached hydrogens (tertiary/aromatic N) is 3. The fourth-order valence-electron chi connectivity index (χ4n) is 5.16. The smallest absolute Gasteiger partial charge is 0.256 e. The van der Waals surface area contributed by atoms with Crippen LogP contribution < -0.4 is 20.9 Å². The van der Waals surface area contributed by atoms with Crippen LogP contribution in [0, 0.1) is 11.6 Å². The van der Waals surface area contributed by atoms with E-state index in [0.717, 1.165) is 54.5 Å². The maximum absolute atomic E-state index is 14.0. The van der Waals surface area contributed by atoms with Crippen LogP contribution in [0.2, 0.25) is 0 Å². The Morgan fingerprint density at radius 1 is 0.902 bits per heavy atom. The van der Waals surface area contributed by atoms with Crippen molar-refractivity contribution < 1.29 is 18.4 Å². The third-order valence-electron chi connectivity index (χ3n) is 7.22. The van der Waals surface area contributed by atoms with Gasteiger partial charge in [-0.05, 0) is 61.6 Å². The summed E-state index contributed by atoms with van der Waals surface area (Å²) in [5.41, 5.74) is 1.52. The first-order valence-electron chi connectivity index (χ1n) is 13.6. The molecular weight excluding hydrogens is 526 g/mol. The number of fused-ring (bicyclic) bond motifs is 1. The summed E-state index contributed by atoms with van der Waals surface area (Å²) in [6, 6.07) is 17.8. The minimum Gasteiger partial charge on any atom is -0.362 e. The summed E-state index contributed by atoms with van der Waals surface area (Å²) < 4.78 is 27.2. The highest BCUT2D eigenvalue weighted by Crippen LogP contribution is 2.26. The molecule has 4 aromatic rings. The van der Waals surface area contributed by atoms with Crippen LogP contribution in [-0.4, -0.2) is 48.0 Å². The highest BCUT2D eigenvalue weighted by molar-refractivity contribution is 6.06. The summed E-state index contributed by atoms with van der Waals surface area (Å²) in [4.78, 5) is 37.2. The van der Waals surface area contributed by atoms with Crippen molar-refractivity contribution in [2.45, 2.75) is 44.2 Å². The van der Waals surface area contributed by atoms with Gasteiger partial charge in [0.15, 0.2) is 0 Å². The topological polar surface area (TPSA) is 99.3 Å². The Labute approximate surface area is 237 Å². The minimum absolute atomic E-state index is 0.00587. The fourth-order valence-corrected chi connectivity index (χ4v) is 5.16. The number of nitrogens with one attached hydrogen (secondary N) is 3. The number of benzene rings is 3. The lowest BCUT2D eigenvalue weighted by molar-refractivity contribution is -0.121. The predicted octanol–water partition coefficient (Wildman–Crippen LogP) is 5.31. The molecule has 0 unspecified atom stereocenters. The molecule has 0 radical (unpaired) electrons. The quantitative estimate of drug-likeness (QED) is 0.271. The van der Waals surface area contributed by atoms with Gasteiger partial charge in [-0.15, -0.1) is 0 Å². The number of halogens is 2. The Bertz CT molecular complexity index is 1570. The molecule has 3 N–H and O–H groups in total. The van der Waals surface area contributed by atoms with Crippen molar-refractivity contribution >= 4 is 40.2 Å². The number of rotatable bonds is 8. The minimum atomic E-state index is -0.871. The van der Waals surface area contributed by atoms with E-state index in [4.69, 9.17) is 9.97 Å². The van der Waals surface area contributed by atoms with Crippen molar-refractivity contribution in [3.8, 4) is 0 Å². The summed E-state index contributed by atoms with van der Waals surface area (Å²) in [5, 5.41) is 10.0. The van der Waals surface area contributed by atoms with Crippen molar-refractivity contribution in [3.63, 3.8) is 0 Å². The number of aromatic nitrogens is 2. The van der Waals surface area contributed by atoms with E-state index in [0.29, 0.717) is 17.6 Å². The second-order valence-electron chi connectivity index (χ2n) is 10.5. The highest BCUT2D eigenvalue weighted by atomic mass is 19.1. The van der Waals surface area contributed by atoms with Gasteiger partial charge in [0.1, 0.15) is 17.5 Å². The summed E-state index contributed by atoms with van der Waals surface area (Å²) in [7, 11) is 3.92. The summed E-state index contributed by atoms with van der Waals surface area (Å²) in [5.74, 6) is -0.917. The van der Waals surface area contributed by atoms with Crippen LogP contribution in [0.15, 0.2) is 66.7 Å². The molecule has 41 heavy (non-hydrogen) atoms. The lowest BCUT2D eigenvalue weighted by atomic mass is 9.91. The van der Waals surface area contributed by atoms with Crippen LogP contribution >= 0.6 is 0 Å². The number of anilines is 3.